The topological polar surface area (TPSA) is 54.2 Å². The average Bonchev–Trinajstić information content (AvgIpc) is 2.85. The summed E-state index contributed by atoms with van der Waals surface area (Å²) in [5, 5.41) is 11.0. The minimum absolute atomic E-state index is 0.752. The highest BCUT2D eigenvalue weighted by atomic mass is 16.6. The summed E-state index contributed by atoms with van der Waals surface area (Å²) in [5.74, 6) is 0. The predicted molar refractivity (Wildman–Crippen MR) is 74.9 cm³/mol. The summed E-state index contributed by atoms with van der Waals surface area (Å²) in [4.78, 5) is 2.53. The molecule has 1 aromatic rings. The highest BCUT2D eigenvalue weighted by Gasteiger charge is 2.17. The zero-order chi connectivity index (χ0) is 13.5. The Kier molecular flexibility index (Phi) is 5.79. The van der Waals surface area contributed by atoms with Crippen LogP contribution in [0.1, 0.15) is 49.9 Å². The molecule has 0 bridgehead atoms. The quantitative estimate of drug-likeness (QED) is 0.766. The molecule has 0 radical (unpaired) electrons. The van der Waals surface area contributed by atoms with Gasteiger partial charge >= 0.3 is 0 Å². The van der Waals surface area contributed by atoms with Crippen molar-refractivity contribution >= 4 is 0 Å². The second kappa shape index (κ2) is 7.60. The molecule has 1 saturated carbocycles. The van der Waals surface area contributed by atoms with Gasteiger partial charge in [0.25, 0.3) is 0 Å². The Hall–Kier alpha value is -0.940. The summed E-state index contributed by atoms with van der Waals surface area (Å²) in [7, 11) is 2.27. The fourth-order valence-corrected chi connectivity index (χ4v) is 2.77. The molecule has 0 aliphatic heterocycles. The van der Waals surface area contributed by atoms with Gasteiger partial charge in [-0.3, -0.25) is 0 Å². The molecular formula is C14H26N4O. The zero-order valence-electron chi connectivity index (χ0n) is 12.2. The van der Waals surface area contributed by atoms with E-state index in [-0.39, 0.29) is 0 Å². The van der Waals surface area contributed by atoms with E-state index in [0.717, 1.165) is 30.5 Å². The third-order valence-corrected chi connectivity index (χ3v) is 4.10. The van der Waals surface area contributed by atoms with Crippen molar-refractivity contribution in [2.24, 2.45) is 0 Å². The molecule has 1 aliphatic carbocycles. The van der Waals surface area contributed by atoms with Gasteiger partial charge in [-0.2, -0.15) is 0 Å². The van der Waals surface area contributed by atoms with Gasteiger partial charge in [0.1, 0.15) is 11.4 Å². The Bertz CT molecular complexity index is 360. The van der Waals surface area contributed by atoms with Crippen LogP contribution >= 0.6 is 0 Å². The summed E-state index contributed by atoms with van der Waals surface area (Å²) in [5.41, 5.74) is 1.80. The highest BCUT2D eigenvalue weighted by molar-refractivity contribution is 5.03. The third kappa shape index (κ3) is 4.58. The molecule has 2 rings (SSSR count). The molecule has 0 unspecified atom stereocenters. The van der Waals surface area contributed by atoms with E-state index in [1.807, 2.05) is 6.92 Å². The Morgan fingerprint density at radius 3 is 2.74 bits per heavy atom. The molecule has 0 spiro atoms. The van der Waals surface area contributed by atoms with Crippen molar-refractivity contribution in [3.8, 4) is 0 Å². The van der Waals surface area contributed by atoms with Crippen LogP contribution in [0.4, 0.5) is 0 Å². The van der Waals surface area contributed by atoms with E-state index in [0.29, 0.717) is 0 Å². The van der Waals surface area contributed by atoms with Crippen molar-refractivity contribution in [2.75, 3.05) is 20.1 Å². The highest BCUT2D eigenvalue weighted by Crippen LogP contribution is 2.21. The maximum Gasteiger partial charge on any atom is 0.121 e. The fourth-order valence-electron chi connectivity index (χ4n) is 2.77. The Morgan fingerprint density at radius 1 is 1.26 bits per heavy atom. The van der Waals surface area contributed by atoms with Crippen molar-refractivity contribution < 1.29 is 4.63 Å². The lowest BCUT2D eigenvalue weighted by atomic mass is 9.94. The molecule has 1 fully saturated rings. The largest absolute Gasteiger partial charge is 0.311 e. The maximum absolute atomic E-state index is 4.67. The molecule has 0 amide bonds. The predicted octanol–water partition coefficient (Wildman–Crippen LogP) is 2.12. The van der Waals surface area contributed by atoms with Crippen molar-refractivity contribution in [3.63, 3.8) is 0 Å². The lowest BCUT2D eigenvalue weighted by Gasteiger charge is -2.31. The van der Waals surface area contributed by atoms with E-state index in [1.165, 1.54) is 45.1 Å². The van der Waals surface area contributed by atoms with Gasteiger partial charge in [-0.25, -0.2) is 4.63 Å². The van der Waals surface area contributed by atoms with E-state index in [1.54, 1.807) is 0 Å². The summed E-state index contributed by atoms with van der Waals surface area (Å²) < 4.78 is 4.67. The molecular weight excluding hydrogens is 240 g/mol. The van der Waals surface area contributed by atoms with E-state index in [9.17, 15) is 0 Å². The molecule has 19 heavy (non-hydrogen) atoms. The number of nitrogens with zero attached hydrogens (tertiary/aromatic N) is 3. The first-order valence-electron chi connectivity index (χ1n) is 7.46. The van der Waals surface area contributed by atoms with Gasteiger partial charge in [0.2, 0.25) is 0 Å². The summed E-state index contributed by atoms with van der Waals surface area (Å²) in [6, 6.07) is 0.815. The van der Waals surface area contributed by atoms with E-state index < -0.39 is 0 Å². The van der Waals surface area contributed by atoms with Gasteiger partial charge in [-0.15, -0.1) is 0 Å². The molecule has 0 atom stereocenters. The Balaban J connectivity index is 1.55. The van der Waals surface area contributed by atoms with Gasteiger partial charge in [-0.1, -0.05) is 29.6 Å². The van der Waals surface area contributed by atoms with E-state index >= 15 is 0 Å². The van der Waals surface area contributed by atoms with Crippen LogP contribution in [0.2, 0.25) is 0 Å². The maximum atomic E-state index is 4.67. The molecule has 108 valence electrons. The molecule has 1 heterocycles. The van der Waals surface area contributed by atoms with Crippen LogP contribution in [0.25, 0.3) is 0 Å². The zero-order valence-corrected chi connectivity index (χ0v) is 12.2. The first-order valence-corrected chi connectivity index (χ1v) is 7.46. The number of aromatic nitrogens is 2. The number of hydrogen-bond donors (Lipinski definition) is 1. The normalized spacial score (nSPS) is 17.2. The van der Waals surface area contributed by atoms with Crippen molar-refractivity contribution in [2.45, 2.75) is 58.0 Å². The molecule has 0 aromatic carbocycles. The van der Waals surface area contributed by atoms with Gasteiger partial charge in [0.15, 0.2) is 0 Å². The first-order chi connectivity index (χ1) is 9.27. The van der Waals surface area contributed by atoms with Crippen LogP contribution in [0, 0.1) is 6.92 Å². The van der Waals surface area contributed by atoms with Crippen molar-refractivity contribution in [1.82, 2.24) is 20.5 Å². The van der Waals surface area contributed by atoms with E-state index in [2.05, 4.69) is 32.2 Å². The standard InChI is InChI=1S/C14H26N4O/c1-12-14(17-19-16-12)11-15-9-6-10-18(2)13-7-4-3-5-8-13/h13,15H,3-11H2,1-2H3. The summed E-state index contributed by atoms with van der Waals surface area (Å²) >= 11 is 0. The lowest BCUT2D eigenvalue weighted by molar-refractivity contribution is 0.189. The minimum Gasteiger partial charge on any atom is -0.311 e. The number of nitrogens with one attached hydrogen (secondary N) is 1. The molecule has 1 aromatic heterocycles. The average molecular weight is 266 g/mol. The third-order valence-electron chi connectivity index (χ3n) is 4.10. The summed E-state index contributed by atoms with van der Waals surface area (Å²) in [6.07, 6.45) is 8.19. The monoisotopic (exact) mass is 266 g/mol. The van der Waals surface area contributed by atoms with Crippen LogP contribution in [0.3, 0.4) is 0 Å². The summed E-state index contributed by atoms with van der Waals surface area (Å²) in [6.45, 7) is 4.86. The van der Waals surface area contributed by atoms with Crippen molar-refractivity contribution in [3.05, 3.63) is 11.4 Å². The molecule has 1 N–H and O–H groups in total. The Labute approximate surface area is 115 Å². The first kappa shape index (κ1) is 14.5. The second-order valence-corrected chi connectivity index (χ2v) is 5.60. The van der Waals surface area contributed by atoms with Crippen molar-refractivity contribution in [1.29, 1.82) is 0 Å². The number of hydrogen-bond acceptors (Lipinski definition) is 5. The lowest BCUT2D eigenvalue weighted by Crippen LogP contribution is -2.35. The van der Waals surface area contributed by atoms with Crippen LogP contribution in [0.15, 0.2) is 4.63 Å². The van der Waals surface area contributed by atoms with Crippen LogP contribution in [0.5, 0.6) is 0 Å². The van der Waals surface area contributed by atoms with E-state index in [4.69, 9.17) is 0 Å². The van der Waals surface area contributed by atoms with Gasteiger partial charge in [-0.05, 0) is 46.3 Å². The van der Waals surface area contributed by atoms with Gasteiger partial charge in [0, 0.05) is 12.6 Å². The Morgan fingerprint density at radius 2 is 2.05 bits per heavy atom. The smallest absolute Gasteiger partial charge is 0.121 e. The van der Waals surface area contributed by atoms with Crippen LogP contribution in [-0.4, -0.2) is 41.4 Å². The van der Waals surface area contributed by atoms with Crippen LogP contribution in [-0.2, 0) is 6.54 Å². The molecule has 5 nitrogen and oxygen atoms in total. The molecule has 1 aliphatic rings. The van der Waals surface area contributed by atoms with Gasteiger partial charge in [0.05, 0.1) is 0 Å². The van der Waals surface area contributed by atoms with Gasteiger partial charge < -0.3 is 10.2 Å². The molecule has 0 saturated heterocycles. The molecule has 5 heteroatoms. The minimum atomic E-state index is 0.752. The second-order valence-electron chi connectivity index (χ2n) is 5.60. The number of aryl methyl sites for hydroxylation is 1. The fraction of sp³-hybridized carbons (Fsp3) is 0.857. The number of rotatable bonds is 7. The SMILES string of the molecule is Cc1nonc1CNCCCN(C)C1CCCCC1. The van der Waals surface area contributed by atoms with Crippen LogP contribution < -0.4 is 5.32 Å².